The molecule has 2 amide bonds. The monoisotopic (exact) mass is 373 g/mol. The molecule has 2 aliphatic rings. The predicted molar refractivity (Wildman–Crippen MR) is 104 cm³/mol. The van der Waals surface area contributed by atoms with Crippen molar-refractivity contribution in [2.45, 2.75) is 56.8 Å². The highest BCUT2D eigenvalue weighted by Crippen LogP contribution is 2.36. The number of hydrogen-bond acceptors (Lipinski definition) is 4. The molecule has 6 nitrogen and oxygen atoms in total. The first-order valence-corrected chi connectivity index (χ1v) is 10.6. The number of aromatic nitrogens is 3. The molecule has 0 bridgehead atoms. The van der Waals surface area contributed by atoms with Crippen molar-refractivity contribution in [3.8, 4) is 0 Å². The normalized spacial score (nSPS) is 19.7. The molecule has 4 rings (SSSR count). The van der Waals surface area contributed by atoms with Gasteiger partial charge in [-0.3, -0.25) is 4.68 Å². The summed E-state index contributed by atoms with van der Waals surface area (Å²) in [5.41, 5.74) is 1.96. The summed E-state index contributed by atoms with van der Waals surface area (Å²) in [5.74, 6) is 0.978. The molecular formula is C19H27N5OS. The number of nitrogens with zero attached hydrogens (tertiary/aromatic N) is 4. The van der Waals surface area contributed by atoms with Gasteiger partial charge in [0.1, 0.15) is 0 Å². The molecule has 2 fully saturated rings. The van der Waals surface area contributed by atoms with E-state index in [4.69, 9.17) is 0 Å². The van der Waals surface area contributed by atoms with Crippen LogP contribution in [0.2, 0.25) is 0 Å². The maximum absolute atomic E-state index is 12.8. The maximum atomic E-state index is 12.8. The minimum atomic E-state index is 0.00708. The van der Waals surface area contributed by atoms with E-state index in [2.05, 4.69) is 15.4 Å². The number of thiazole rings is 1. The molecule has 1 N–H and O–H groups in total. The van der Waals surface area contributed by atoms with Crippen LogP contribution in [0.15, 0.2) is 17.8 Å². The number of hydrogen-bond donors (Lipinski definition) is 1. The Hall–Kier alpha value is -1.89. The van der Waals surface area contributed by atoms with Crippen LogP contribution in [0.3, 0.4) is 0 Å². The third kappa shape index (κ3) is 3.77. The molecule has 0 unspecified atom stereocenters. The van der Waals surface area contributed by atoms with Crippen molar-refractivity contribution in [1.82, 2.24) is 19.7 Å². The van der Waals surface area contributed by atoms with Gasteiger partial charge in [0.2, 0.25) is 0 Å². The third-order valence-corrected chi connectivity index (χ3v) is 6.61. The number of anilines is 1. The molecule has 140 valence electrons. The molecule has 0 aromatic carbocycles. The molecule has 0 atom stereocenters. The van der Waals surface area contributed by atoms with Crippen molar-refractivity contribution < 1.29 is 4.79 Å². The van der Waals surface area contributed by atoms with Gasteiger partial charge in [0, 0.05) is 49.7 Å². The molecular weight excluding hydrogens is 346 g/mol. The summed E-state index contributed by atoms with van der Waals surface area (Å²) >= 11 is 1.72. The number of carbonyl (C=O) groups excluding carboxylic acids is 1. The van der Waals surface area contributed by atoms with Crippen LogP contribution < -0.4 is 5.32 Å². The van der Waals surface area contributed by atoms with Crippen LogP contribution in [0.4, 0.5) is 10.5 Å². The van der Waals surface area contributed by atoms with Gasteiger partial charge in [-0.25, -0.2) is 9.78 Å². The summed E-state index contributed by atoms with van der Waals surface area (Å²) in [4.78, 5) is 19.1. The van der Waals surface area contributed by atoms with Gasteiger partial charge in [-0.1, -0.05) is 19.3 Å². The SMILES string of the molecule is Cn1cc(NC(=O)N2CCC(c3nccs3)CC2)c(C2CCCCC2)n1. The van der Waals surface area contributed by atoms with Crippen molar-refractivity contribution in [2.75, 3.05) is 18.4 Å². The number of urea groups is 1. The first-order valence-electron chi connectivity index (χ1n) is 9.69. The van der Waals surface area contributed by atoms with Crippen molar-refractivity contribution in [3.05, 3.63) is 28.5 Å². The van der Waals surface area contributed by atoms with Crippen LogP contribution in [0.5, 0.6) is 0 Å². The quantitative estimate of drug-likeness (QED) is 0.871. The Labute approximate surface area is 158 Å². The van der Waals surface area contributed by atoms with Crippen LogP contribution >= 0.6 is 11.3 Å². The zero-order chi connectivity index (χ0) is 17.9. The van der Waals surface area contributed by atoms with E-state index in [0.29, 0.717) is 11.8 Å². The number of carbonyl (C=O) groups is 1. The number of likely N-dealkylation sites (tertiary alicyclic amines) is 1. The summed E-state index contributed by atoms with van der Waals surface area (Å²) < 4.78 is 1.83. The molecule has 1 saturated heterocycles. The highest BCUT2D eigenvalue weighted by molar-refractivity contribution is 7.09. The first kappa shape index (κ1) is 17.5. The predicted octanol–water partition coefficient (Wildman–Crippen LogP) is 4.34. The number of aryl methyl sites for hydroxylation is 1. The van der Waals surface area contributed by atoms with E-state index in [1.165, 1.54) is 37.1 Å². The molecule has 0 spiro atoms. The smallest absolute Gasteiger partial charge is 0.321 e. The van der Waals surface area contributed by atoms with Gasteiger partial charge in [0.25, 0.3) is 0 Å². The number of amides is 2. The fourth-order valence-corrected chi connectivity index (χ4v) is 5.05. The van der Waals surface area contributed by atoms with E-state index in [9.17, 15) is 4.79 Å². The lowest BCUT2D eigenvalue weighted by Gasteiger charge is -2.31. The Morgan fingerprint density at radius 2 is 1.92 bits per heavy atom. The molecule has 1 aliphatic carbocycles. The van der Waals surface area contributed by atoms with Crippen molar-refractivity contribution >= 4 is 23.1 Å². The first-order chi connectivity index (χ1) is 12.7. The molecule has 1 aliphatic heterocycles. The second-order valence-electron chi connectivity index (χ2n) is 7.50. The van der Waals surface area contributed by atoms with Gasteiger partial charge in [0.05, 0.1) is 16.4 Å². The van der Waals surface area contributed by atoms with Crippen LogP contribution in [0, 0.1) is 0 Å². The number of rotatable bonds is 3. The van der Waals surface area contributed by atoms with Gasteiger partial charge in [-0.05, 0) is 25.7 Å². The minimum absolute atomic E-state index is 0.00708. The number of nitrogens with one attached hydrogen (secondary N) is 1. The zero-order valence-electron chi connectivity index (χ0n) is 15.4. The highest BCUT2D eigenvalue weighted by atomic mass is 32.1. The molecule has 0 radical (unpaired) electrons. The van der Waals surface area contributed by atoms with Crippen LogP contribution in [-0.2, 0) is 7.05 Å². The van der Waals surface area contributed by atoms with E-state index >= 15 is 0 Å². The Morgan fingerprint density at radius 3 is 2.62 bits per heavy atom. The Bertz CT molecular complexity index is 727. The van der Waals surface area contributed by atoms with Gasteiger partial charge in [-0.15, -0.1) is 11.3 Å². The van der Waals surface area contributed by atoms with Gasteiger partial charge in [0.15, 0.2) is 0 Å². The number of piperidine rings is 1. The maximum Gasteiger partial charge on any atom is 0.321 e. The average Bonchev–Trinajstić information content (AvgIpc) is 3.32. The lowest BCUT2D eigenvalue weighted by atomic mass is 9.86. The second kappa shape index (κ2) is 7.78. The molecule has 26 heavy (non-hydrogen) atoms. The summed E-state index contributed by atoms with van der Waals surface area (Å²) in [7, 11) is 1.93. The largest absolute Gasteiger partial charge is 0.324 e. The van der Waals surface area contributed by atoms with E-state index in [-0.39, 0.29) is 6.03 Å². The average molecular weight is 374 g/mol. The van der Waals surface area contributed by atoms with E-state index < -0.39 is 0 Å². The molecule has 7 heteroatoms. The topological polar surface area (TPSA) is 63.1 Å². The Morgan fingerprint density at radius 1 is 1.15 bits per heavy atom. The summed E-state index contributed by atoms with van der Waals surface area (Å²) in [6, 6.07) is 0.00708. The summed E-state index contributed by atoms with van der Waals surface area (Å²) in [6.07, 6.45) is 12.0. The third-order valence-electron chi connectivity index (χ3n) is 5.67. The van der Waals surface area contributed by atoms with Gasteiger partial charge in [-0.2, -0.15) is 5.10 Å². The van der Waals surface area contributed by atoms with E-state index in [1.807, 2.05) is 34.4 Å². The Balaban J connectivity index is 1.38. The lowest BCUT2D eigenvalue weighted by molar-refractivity contribution is 0.194. The molecule has 3 heterocycles. The summed E-state index contributed by atoms with van der Waals surface area (Å²) in [5, 5.41) is 11.0. The van der Waals surface area contributed by atoms with Gasteiger partial charge >= 0.3 is 6.03 Å². The van der Waals surface area contributed by atoms with Crippen LogP contribution in [0.25, 0.3) is 0 Å². The minimum Gasteiger partial charge on any atom is -0.324 e. The molecule has 1 saturated carbocycles. The second-order valence-corrected chi connectivity index (χ2v) is 8.42. The van der Waals surface area contributed by atoms with Gasteiger partial charge < -0.3 is 10.2 Å². The van der Waals surface area contributed by atoms with Crippen molar-refractivity contribution in [2.24, 2.45) is 7.05 Å². The van der Waals surface area contributed by atoms with Crippen LogP contribution in [-0.4, -0.2) is 38.8 Å². The summed E-state index contributed by atoms with van der Waals surface area (Å²) in [6.45, 7) is 1.57. The van der Waals surface area contributed by atoms with E-state index in [0.717, 1.165) is 37.3 Å². The molecule has 2 aromatic rings. The fourth-order valence-electron chi connectivity index (χ4n) is 4.24. The Kier molecular flexibility index (Phi) is 5.24. The zero-order valence-corrected chi connectivity index (χ0v) is 16.2. The fraction of sp³-hybridized carbons (Fsp3) is 0.632. The van der Waals surface area contributed by atoms with Crippen LogP contribution in [0.1, 0.15) is 67.5 Å². The van der Waals surface area contributed by atoms with E-state index in [1.54, 1.807) is 11.3 Å². The lowest BCUT2D eigenvalue weighted by Crippen LogP contribution is -2.40. The van der Waals surface area contributed by atoms with Crippen molar-refractivity contribution in [1.29, 1.82) is 0 Å². The molecule has 2 aromatic heterocycles. The van der Waals surface area contributed by atoms with Crippen molar-refractivity contribution in [3.63, 3.8) is 0 Å². The standard InChI is InChI=1S/C19H27N5OS/c1-23-13-16(17(22-23)14-5-3-2-4-6-14)21-19(25)24-10-7-15(8-11-24)18-20-9-12-26-18/h9,12-15H,2-8,10-11H2,1H3,(H,21,25). The highest BCUT2D eigenvalue weighted by Gasteiger charge is 2.27.